The molecule has 1 aliphatic rings. The van der Waals surface area contributed by atoms with Crippen LogP contribution in [0.4, 0.5) is 0 Å². The standard InChI is InChI=1S/C27H28N4O/c1-18-9-11-20(12-10-18)22-15-23(31-25(28-22)16-24(29-31)27(2,3)4)26(32)30-14-13-19-7-5-6-8-21(19)17-30/h5-12,15-16H,13-14,17H2,1-4H3. The largest absolute Gasteiger partial charge is 0.333 e. The van der Waals surface area contributed by atoms with Gasteiger partial charge in [0.05, 0.1) is 11.4 Å². The Bertz CT molecular complexity index is 1310. The molecule has 0 saturated heterocycles. The van der Waals surface area contributed by atoms with E-state index >= 15 is 0 Å². The van der Waals surface area contributed by atoms with Crippen LogP contribution >= 0.6 is 0 Å². The van der Waals surface area contributed by atoms with Crippen LogP contribution in [0, 0.1) is 6.92 Å². The number of carbonyl (C=O) groups excluding carboxylic acids is 1. The van der Waals surface area contributed by atoms with Gasteiger partial charge in [0, 0.05) is 30.1 Å². The smallest absolute Gasteiger partial charge is 0.272 e. The predicted molar refractivity (Wildman–Crippen MR) is 127 cm³/mol. The first-order valence-corrected chi connectivity index (χ1v) is 11.1. The summed E-state index contributed by atoms with van der Waals surface area (Å²) in [4.78, 5) is 20.5. The van der Waals surface area contributed by atoms with Crippen LogP contribution in [0.15, 0.2) is 60.7 Å². The average molecular weight is 425 g/mol. The van der Waals surface area contributed by atoms with E-state index in [1.807, 2.05) is 23.1 Å². The lowest BCUT2D eigenvalue weighted by Crippen LogP contribution is -2.37. The molecule has 2 aromatic carbocycles. The molecule has 0 radical (unpaired) electrons. The van der Waals surface area contributed by atoms with E-state index in [4.69, 9.17) is 10.1 Å². The number of benzene rings is 2. The van der Waals surface area contributed by atoms with E-state index in [1.54, 1.807) is 4.52 Å². The quantitative estimate of drug-likeness (QED) is 0.444. The van der Waals surface area contributed by atoms with Crippen LogP contribution < -0.4 is 0 Å². The lowest BCUT2D eigenvalue weighted by Gasteiger charge is -2.29. The Morgan fingerprint density at radius 2 is 1.69 bits per heavy atom. The van der Waals surface area contributed by atoms with E-state index in [2.05, 4.69) is 70.2 Å². The summed E-state index contributed by atoms with van der Waals surface area (Å²) in [6.45, 7) is 9.76. The molecule has 4 aromatic rings. The monoisotopic (exact) mass is 424 g/mol. The number of aromatic nitrogens is 3. The van der Waals surface area contributed by atoms with Gasteiger partial charge in [0.15, 0.2) is 5.65 Å². The van der Waals surface area contributed by atoms with E-state index in [0.717, 1.165) is 23.4 Å². The highest BCUT2D eigenvalue weighted by Crippen LogP contribution is 2.27. The maximum absolute atomic E-state index is 13.8. The minimum Gasteiger partial charge on any atom is -0.333 e. The molecule has 0 bridgehead atoms. The van der Waals surface area contributed by atoms with Crippen molar-refractivity contribution in [3.8, 4) is 11.3 Å². The fourth-order valence-corrected chi connectivity index (χ4v) is 4.20. The molecule has 3 heterocycles. The number of fused-ring (bicyclic) bond motifs is 2. The van der Waals surface area contributed by atoms with Gasteiger partial charge in [0.25, 0.3) is 5.91 Å². The maximum Gasteiger partial charge on any atom is 0.272 e. The molecule has 0 atom stereocenters. The molecule has 1 amide bonds. The number of rotatable bonds is 2. The van der Waals surface area contributed by atoms with Gasteiger partial charge < -0.3 is 4.90 Å². The minimum atomic E-state index is -0.137. The molecule has 1 aliphatic heterocycles. The number of nitrogens with zero attached hydrogens (tertiary/aromatic N) is 4. The third-order valence-electron chi connectivity index (χ3n) is 6.18. The Kier molecular flexibility index (Phi) is 4.85. The normalized spacial score (nSPS) is 13.9. The van der Waals surface area contributed by atoms with Crippen molar-refractivity contribution < 1.29 is 4.79 Å². The average Bonchev–Trinajstić information content (AvgIpc) is 3.23. The summed E-state index contributed by atoms with van der Waals surface area (Å²) in [7, 11) is 0. The molecule has 0 N–H and O–H groups in total. The second kappa shape index (κ2) is 7.59. The molecule has 32 heavy (non-hydrogen) atoms. The molecule has 2 aromatic heterocycles. The highest BCUT2D eigenvalue weighted by Gasteiger charge is 2.26. The summed E-state index contributed by atoms with van der Waals surface area (Å²) in [6.07, 6.45) is 0.868. The number of hydrogen-bond donors (Lipinski definition) is 0. The van der Waals surface area contributed by atoms with Crippen molar-refractivity contribution in [1.82, 2.24) is 19.5 Å². The molecule has 5 nitrogen and oxygen atoms in total. The van der Waals surface area contributed by atoms with Crippen molar-refractivity contribution in [2.24, 2.45) is 0 Å². The zero-order chi connectivity index (χ0) is 22.5. The zero-order valence-corrected chi connectivity index (χ0v) is 19.1. The lowest BCUT2D eigenvalue weighted by atomic mass is 9.93. The summed E-state index contributed by atoms with van der Waals surface area (Å²) < 4.78 is 1.72. The van der Waals surface area contributed by atoms with Crippen molar-refractivity contribution in [3.05, 3.63) is 88.7 Å². The lowest BCUT2D eigenvalue weighted by molar-refractivity contribution is 0.0725. The number of hydrogen-bond acceptors (Lipinski definition) is 3. The first-order chi connectivity index (χ1) is 15.3. The van der Waals surface area contributed by atoms with Gasteiger partial charge >= 0.3 is 0 Å². The van der Waals surface area contributed by atoms with Gasteiger partial charge in [-0.1, -0.05) is 74.9 Å². The molecular formula is C27H28N4O. The SMILES string of the molecule is Cc1ccc(-c2cc(C(=O)N3CCc4ccccc4C3)n3nc(C(C)(C)C)cc3n2)cc1. The van der Waals surface area contributed by atoms with Crippen molar-refractivity contribution in [3.63, 3.8) is 0 Å². The Morgan fingerprint density at radius 1 is 0.969 bits per heavy atom. The Labute approximate surface area is 188 Å². The molecule has 162 valence electrons. The molecule has 0 spiro atoms. The second-order valence-corrected chi connectivity index (χ2v) is 9.69. The molecule has 0 unspecified atom stereocenters. The summed E-state index contributed by atoms with van der Waals surface area (Å²) >= 11 is 0. The highest BCUT2D eigenvalue weighted by atomic mass is 16.2. The van der Waals surface area contributed by atoms with E-state index in [-0.39, 0.29) is 11.3 Å². The van der Waals surface area contributed by atoms with Crippen LogP contribution in [0.1, 0.15) is 53.6 Å². The van der Waals surface area contributed by atoms with Gasteiger partial charge in [-0.3, -0.25) is 4.79 Å². The maximum atomic E-state index is 13.8. The van der Waals surface area contributed by atoms with Crippen molar-refractivity contribution >= 4 is 11.6 Å². The highest BCUT2D eigenvalue weighted by molar-refractivity contribution is 5.94. The molecular weight excluding hydrogens is 396 g/mol. The van der Waals surface area contributed by atoms with Crippen LogP contribution in [0.5, 0.6) is 0 Å². The Balaban J connectivity index is 1.62. The van der Waals surface area contributed by atoms with Crippen molar-refractivity contribution in [2.45, 2.75) is 46.1 Å². The van der Waals surface area contributed by atoms with Gasteiger partial charge in [0.2, 0.25) is 0 Å². The van der Waals surface area contributed by atoms with E-state index in [0.29, 0.717) is 24.4 Å². The summed E-state index contributed by atoms with van der Waals surface area (Å²) in [6, 6.07) is 20.5. The number of amides is 1. The van der Waals surface area contributed by atoms with Gasteiger partial charge in [0.1, 0.15) is 5.69 Å². The molecule has 0 fully saturated rings. The number of aryl methyl sites for hydroxylation is 1. The summed E-state index contributed by atoms with van der Waals surface area (Å²) in [5.74, 6) is -0.0103. The van der Waals surface area contributed by atoms with Crippen LogP contribution in [0.25, 0.3) is 16.9 Å². The summed E-state index contributed by atoms with van der Waals surface area (Å²) in [5.41, 5.74) is 7.56. The molecule has 0 aliphatic carbocycles. The minimum absolute atomic E-state index is 0.0103. The van der Waals surface area contributed by atoms with Crippen molar-refractivity contribution in [2.75, 3.05) is 6.54 Å². The molecule has 0 saturated carbocycles. The van der Waals surface area contributed by atoms with Gasteiger partial charge in [-0.15, -0.1) is 0 Å². The third kappa shape index (κ3) is 3.68. The van der Waals surface area contributed by atoms with Gasteiger partial charge in [-0.05, 0) is 30.5 Å². The van der Waals surface area contributed by atoms with Crippen molar-refractivity contribution in [1.29, 1.82) is 0 Å². The fourth-order valence-electron chi connectivity index (χ4n) is 4.20. The first-order valence-electron chi connectivity index (χ1n) is 11.1. The van der Waals surface area contributed by atoms with Crippen LogP contribution in [-0.2, 0) is 18.4 Å². The third-order valence-corrected chi connectivity index (χ3v) is 6.18. The zero-order valence-electron chi connectivity index (χ0n) is 19.1. The molecule has 5 heteroatoms. The van der Waals surface area contributed by atoms with E-state index in [1.165, 1.54) is 16.7 Å². The first kappa shape index (κ1) is 20.4. The van der Waals surface area contributed by atoms with E-state index < -0.39 is 0 Å². The van der Waals surface area contributed by atoms with Crippen LogP contribution in [-0.4, -0.2) is 31.9 Å². The van der Waals surface area contributed by atoms with E-state index in [9.17, 15) is 4.79 Å². The topological polar surface area (TPSA) is 50.5 Å². The van der Waals surface area contributed by atoms with Crippen LogP contribution in [0.2, 0.25) is 0 Å². The second-order valence-electron chi connectivity index (χ2n) is 9.69. The predicted octanol–water partition coefficient (Wildman–Crippen LogP) is 5.20. The number of carbonyl (C=O) groups is 1. The Morgan fingerprint density at radius 3 is 2.41 bits per heavy atom. The molecule has 5 rings (SSSR count). The van der Waals surface area contributed by atoms with Gasteiger partial charge in [-0.2, -0.15) is 5.10 Å². The van der Waals surface area contributed by atoms with Crippen LogP contribution in [0.3, 0.4) is 0 Å². The fraction of sp³-hybridized carbons (Fsp3) is 0.296. The summed E-state index contributed by atoms with van der Waals surface area (Å²) in [5, 5.41) is 4.80. The Hall–Kier alpha value is -3.47. The van der Waals surface area contributed by atoms with Gasteiger partial charge in [-0.25, -0.2) is 9.50 Å².